The molecule has 7 heteroatoms. The Morgan fingerprint density at radius 1 is 1.03 bits per heavy atom. The van der Waals surface area contributed by atoms with Crippen molar-refractivity contribution >= 4 is 22.9 Å². The molecule has 2 aromatic carbocycles. The standard InChI is InChI=1S/C23H17N3O3S/c27-22(21-13-28-19-8-1-2-9-20(19)29-21)25-17-7-3-5-15(11-17)18-14-30-23(26-18)16-6-4-10-24-12-16/h1-12,14,21H,13H2,(H,25,27). The van der Waals surface area contributed by atoms with E-state index in [1.54, 1.807) is 29.8 Å². The maximum atomic E-state index is 12.7. The molecule has 1 aliphatic rings. The number of nitrogens with one attached hydrogen (secondary N) is 1. The van der Waals surface area contributed by atoms with Gasteiger partial charge in [0.1, 0.15) is 11.6 Å². The molecule has 1 atom stereocenters. The summed E-state index contributed by atoms with van der Waals surface area (Å²) in [5.41, 5.74) is 3.43. The maximum Gasteiger partial charge on any atom is 0.269 e. The Bertz CT molecular complexity index is 1190. The van der Waals surface area contributed by atoms with Crippen LogP contribution in [0.4, 0.5) is 5.69 Å². The largest absolute Gasteiger partial charge is 0.485 e. The molecule has 3 heterocycles. The number of fused-ring (bicyclic) bond motifs is 1. The Kier molecular flexibility index (Phi) is 4.86. The van der Waals surface area contributed by atoms with Gasteiger partial charge >= 0.3 is 0 Å². The molecular weight excluding hydrogens is 398 g/mol. The number of benzene rings is 2. The zero-order valence-corrected chi connectivity index (χ0v) is 16.6. The van der Waals surface area contributed by atoms with Crippen molar-refractivity contribution in [2.24, 2.45) is 0 Å². The molecule has 4 aromatic rings. The van der Waals surface area contributed by atoms with E-state index in [-0.39, 0.29) is 12.5 Å². The van der Waals surface area contributed by atoms with E-state index >= 15 is 0 Å². The monoisotopic (exact) mass is 415 g/mol. The average molecular weight is 415 g/mol. The van der Waals surface area contributed by atoms with E-state index < -0.39 is 6.10 Å². The molecule has 0 saturated heterocycles. The number of pyridine rings is 1. The van der Waals surface area contributed by atoms with Crippen molar-refractivity contribution in [3.05, 3.63) is 78.4 Å². The van der Waals surface area contributed by atoms with Crippen LogP contribution < -0.4 is 14.8 Å². The quantitative estimate of drug-likeness (QED) is 0.525. The first-order valence-corrected chi connectivity index (χ1v) is 10.3. The third kappa shape index (κ3) is 3.75. The molecule has 0 fully saturated rings. The summed E-state index contributed by atoms with van der Waals surface area (Å²) in [5.74, 6) is 0.968. The van der Waals surface area contributed by atoms with Gasteiger partial charge in [-0.05, 0) is 36.4 Å². The van der Waals surface area contributed by atoms with Gasteiger partial charge in [0, 0.05) is 34.6 Å². The summed E-state index contributed by atoms with van der Waals surface area (Å²) in [6.45, 7) is 0.170. The minimum Gasteiger partial charge on any atom is -0.485 e. The summed E-state index contributed by atoms with van der Waals surface area (Å²) >= 11 is 1.56. The number of para-hydroxylation sites is 2. The third-order valence-corrected chi connectivity index (χ3v) is 5.53. The van der Waals surface area contributed by atoms with Gasteiger partial charge in [-0.25, -0.2) is 4.98 Å². The zero-order chi connectivity index (χ0) is 20.3. The van der Waals surface area contributed by atoms with Crippen LogP contribution in [0.2, 0.25) is 0 Å². The fraction of sp³-hybridized carbons (Fsp3) is 0.0870. The van der Waals surface area contributed by atoms with Crippen molar-refractivity contribution in [3.63, 3.8) is 0 Å². The lowest BCUT2D eigenvalue weighted by molar-refractivity contribution is -0.125. The minimum absolute atomic E-state index is 0.170. The Balaban J connectivity index is 1.31. The van der Waals surface area contributed by atoms with Gasteiger partial charge in [0.2, 0.25) is 6.10 Å². The number of anilines is 1. The lowest BCUT2D eigenvalue weighted by Crippen LogP contribution is -2.40. The number of hydrogen-bond donors (Lipinski definition) is 1. The average Bonchev–Trinajstić information content (AvgIpc) is 3.30. The second-order valence-corrected chi connectivity index (χ2v) is 7.57. The first-order chi connectivity index (χ1) is 14.8. The molecule has 0 bridgehead atoms. The lowest BCUT2D eigenvalue weighted by Gasteiger charge is -2.25. The Morgan fingerprint density at radius 2 is 1.90 bits per heavy atom. The van der Waals surface area contributed by atoms with Gasteiger partial charge in [-0.15, -0.1) is 11.3 Å². The number of carbonyl (C=O) groups excluding carboxylic acids is 1. The molecule has 30 heavy (non-hydrogen) atoms. The molecule has 1 aliphatic heterocycles. The van der Waals surface area contributed by atoms with Crippen LogP contribution in [0.3, 0.4) is 0 Å². The van der Waals surface area contributed by atoms with Crippen LogP contribution in [0.15, 0.2) is 78.4 Å². The van der Waals surface area contributed by atoms with Crippen LogP contribution in [0.5, 0.6) is 11.5 Å². The van der Waals surface area contributed by atoms with Crippen molar-refractivity contribution in [3.8, 4) is 33.3 Å². The van der Waals surface area contributed by atoms with E-state index in [0.717, 1.165) is 21.8 Å². The minimum atomic E-state index is -0.708. The van der Waals surface area contributed by atoms with Gasteiger partial charge in [-0.2, -0.15) is 0 Å². The van der Waals surface area contributed by atoms with Crippen molar-refractivity contribution in [2.75, 3.05) is 11.9 Å². The van der Waals surface area contributed by atoms with Gasteiger partial charge in [-0.1, -0.05) is 24.3 Å². The van der Waals surface area contributed by atoms with E-state index in [9.17, 15) is 4.79 Å². The Morgan fingerprint density at radius 3 is 2.77 bits per heavy atom. The predicted octanol–water partition coefficient (Wildman–Crippen LogP) is 4.65. The smallest absolute Gasteiger partial charge is 0.269 e. The van der Waals surface area contributed by atoms with Crippen molar-refractivity contribution in [1.82, 2.24) is 9.97 Å². The van der Waals surface area contributed by atoms with Crippen LogP contribution in [0, 0.1) is 0 Å². The topological polar surface area (TPSA) is 73.3 Å². The number of thiazole rings is 1. The van der Waals surface area contributed by atoms with Crippen LogP contribution in [0.1, 0.15) is 0 Å². The van der Waals surface area contributed by atoms with E-state index in [1.165, 1.54) is 0 Å². The normalized spacial score (nSPS) is 14.9. The van der Waals surface area contributed by atoms with Crippen molar-refractivity contribution in [2.45, 2.75) is 6.10 Å². The Hall–Kier alpha value is -3.71. The molecule has 5 rings (SSSR count). The number of rotatable bonds is 4. The molecule has 0 aliphatic carbocycles. The molecular formula is C23H17N3O3S. The molecule has 2 aromatic heterocycles. The predicted molar refractivity (Wildman–Crippen MR) is 116 cm³/mol. The number of nitrogens with zero attached hydrogens (tertiary/aromatic N) is 2. The fourth-order valence-corrected chi connectivity index (χ4v) is 3.98. The van der Waals surface area contributed by atoms with Gasteiger partial charge in [0.15, 0.2) is 11.5 Å². The van der Waals surface area contributed by atoms with Crippen LogP contribution in [0.25, 0.3) is 21.8 Å². The van der Waals surface area contributed by atoms with E-state index in [0.29, 0.717) is 17.2 Å². The Labute approximate surface area is 177 Å². The first kappa shape index (κ1) is 18.3. The summed E-state index contributed by atoms with van der Waals surface area (Å²) in [7, 11) is 0. The SMILES string of the molecule is O=C(Nc1cccc(-c2csc(-c3cccnc3)n2)c1)C1COc2ccccc2O1. The molecule has 1 N–H and O–H groups in total. The summed E-state index contributed by atoms with van der Waals surface area (Å²) in [6, 6.07) is 18.8. The fourth-order valence-electron chi connectivity index (χ4n) is 3.16. The number of carbonyl (C=O) groups is 1. The summed E-state index contributed by atoms with van der Waals surface area (Å²) in [4.78, 5) is 21.5. The van der Waals surface area contributed by atoms with Crippen LogP contribution >= 0.6 is 11.3 Å². The molecule has 1 unspecified atom stereocenters. The number of ether oxygens (including phenoxy) is 2. The maximum absolute atomic E-state index is 12.7. The highest BCUT2D eigenvalue weighted by molar-refractivity contribution is 7.13. The summed E-state index contributed by atoms with van der Waals surface area (Å²) in [6.07, 6.45) is 2.83. The molecule has 0 spiro atoms. The summed E-state index contributed by atoms with van der Waals surface area (Å²) < 4.78 is 11.4. The lowest BCUT2D eigenvalue weighted by atomic mass is 10.1. The van der Waals surface area contributed by atoms with Crippen molar-refractivity contribution in [1.29, 1.82) is 0 Å². The van der Waals surface area contributed by atoms with Crippen LogP contribution in [-0.4, -0.2) is 28.6 Å². The number of aromatic nitrogens is 2. The molecule has 1 amide bonds. The van der Waals surface area contributed by atoms with Gasteiger partial charge in [0.25, 0.3) is 5.91 Å². The second-order valence-electron chi connectivity index (χ2n) is 6.71. The molecule has 0 radical (unpaired) electrons. The van der Waals surface area contributed by atoms with Crippen LogP contribution in [-0.2, 0) is 4.79 Å². The zero-order valence-electron chi connectivity index (χ0n) is 15.8. The third-order valence-electron chi connectivity index (χ3n) is 4.64. The molecule has 0 saturated carbocycles. The van der Waals surface area contributed by atoms with E-state index in [1.807, 2.05) is 60.0 Å². The molecule has 6 nitrogen and oxygen atoms in total. The number of hydrogen-bond acceptors (Lipinski definition) is 6. The summed E-state index contributed by atoms with van der Waals surface area (Å²) in [5, 5.41) is 5.81. The van der Waals surface area contributed by atoms with E-state index in [4.69, 9.17) is 14.5 Å². The van der Waals surface area contributed by atoms with Crippen molar-refractivity contribution < 1.29 is 14.3 Å². The van der Waals surface area contributed by atoms with Gasteiger partial charge in [0.05, 0.1) is 5.69 Å². The number of amides is 1. The first-order valence-electron chi connectivity index (χ1n) is 9.42. The second kappa shape index (κ2) is 7.96. The highest BCUT2D eigenvalue weighted by Gasteiger charge is 2.27. The van der Waals surface area contributed by atoms with E-state index in [2.05, 4.69) is 10.3 Å². The molecule has 148 valence electrons. The van der Waals surface area contributed by atoms with Gasteiger partial charge < -0.3 is 14.8 Å². The van der Waals surface area contributed by atoms with Gasteiger partial charge in [-0.3, -0.25) is 9.78 Å². The highest BCUT2D eigenvalue weighted by Crippen LogP contribution is 2.32. The highest BCUT2D eigenvalue weighted by atomic mass is 32.1.